The molecule has 0 aromatic heterocycles. The summed E-state index contributed by atoms with van der Waals surface area (Å²) in [6.45, 7) is 2.97. The van der Waals surface area contributed by atoms with Gasteiger partial charge in [0.25, 0.3) is 0 Å². The second kappa shape index (κ2) is 6.45. The fourth-order valence-corrected chi connectivity index (χ4v) is 3.27. The number of benzene rings is 1. The van der Waals surface area contributed by atoms with Crippen molar-refractivity contribution in [3.05, 3.63) is 29.3 Å². The second-order valence-electron chi connectivity index (χ2n) is 4.47. The first kappa shape index (κ1) is 13.7. The van der Waals surface area contributed by atoms with Gasteiger partial charge in [0.1, 0.15) is 5.75 Å². The summed E-state index contributed by atoms with van der Waals surface area (Å²) in [5, 5.41) is 3.39. The van der Waals surface area contributed by atoms with E-state index in [4.69, 9.17) is 9.47 Å². The first-order chi connectivity index (χ1) is 8.76. The van der Waals surface area contributed by atoms with Crippen LogP contribution >= 0.6 is 11.8 Å². The van der Waals surface area contributed by atoms with Crippen LogP contribution in [0, 0.1) is 6.92 Å². The van der Waals surface area contributed by atoms with Gasteiger partial charge in [-0.25, -0.2) is 0 Å². The number of rotatable bonds is 4. The zero-order valence-electron chi connectivity index (χ0n) is 11.2. The highest BCUT2D eigenvalue weighted by Crippen LogP contribution is 2.29. The van der Waals surface area contributed by atoms with Gasteiger partial charge in [-0.05, 0) is 37.2 Å². The van der Waals surface area contributed by atoms with E-state index in [0.29, 0.717) is 0 Å². The molecule has 100 valence electrons. The van der Waals surface area contributed by atoms with Crippen molar-refractivity contribution in [2.45, 2.75) is 19.1 Å². The lowest BCUT2D eigenvalue weighted by molar-refractivity contribution is 0.0487. The summed E-state index contributed by atoms with van der Waals surface area (Å²) < 4.78 is 11.1. The molecular weight excluding hydrogens is 246 g/mol. The number of hydrogen-bond acceptors (Lipinski definition) is 4. The van der Waals surface area contributed by atoms with E-state index in [9.17, 15) is 0 Å². The SMILES string of the molecule is CNC(c1ccc(OC)cc1C)C1CSCCO1. The van der Waals surface area contributed by atoms with E-state index >= 15 is 0 Å². The van der Waals surface area contributed by atoms with Crippen LogP contribution in [-0.2, 0) is 4.74 Å². The average molecular weight is 267 g/mol. The standard InChI is InChI=1S/C14H21NO2S/c1-10-8-11(16-3)4-5-12(10)14(15-2)13-9-18-7-6-17-13/h4-5,8,13-15H,6-7,9H2,1-3H3. The van der Waals surface area contributed by atoms with Crippen LogP contribution in [-0.4, -0.2) is 38.4 Å². The summed E-state index contributed by atoms with van der Waals surface area (Å²) in [5.74, 6) is 3.07. The molecule has 3 nitrogen and oxygen atoms in total. The molecule has 1 fully saturated rings. The minimum atomic E-state index is 0.251. The Labute approximate surface area is 113 Å². The van der Waals surface area contributed by atoms with E-state index < -0.39 is 0 Å². The van der Waals surface area contributed by atoms with Crippen molar-refractivity contribution in [2.24, 2.45) is 0 Å². The molecule has 18 heavy (non-hydrogen) atoms. The van der Waals surface area contributed by atoms with Crippen LogP contribution in [0.5, 0.6) is 5.75 Å². The summed E-state index contributed by atoms with van der Waals surface area (Å²) >= 11 is 1.97. The minimum absolute atomic E-state index is 0.251. The highest BCUT2D eigenvalue weighted by molar-refractivity contribution is 7.99. The van der Waals surface area contributed by atoms with E-state index in [-0.39, 0.29) is 12.1 Å². The Balaban J connectivity index is 2.20. The van der Waals surface area contributed by atoms with Crippen LogP contribution in [0.2, 0.25) is 0 Å². The van der Waals surface area contributed by atoms with Gasteiger partial charge in [-0.1, -0.05) is 6.07 Å². The number of aryl methyl sites for hydroxylation is 1. The smallest absolute Gasteiger partial charge is 0.119 e. The Kier molecular flexibility index (Phi) is 4.92. The number of ether oxygens (including phenoxy) is 2. The molecule has 0 saturated carbocycles. The predicted octanol–water partition coefficient (Wildman–Crippen LogP) is 2.40. The van der Waals surface area contributed by atoms with Crippen molar-refractivity contribution in [1.82, 2.24) is 5.32 Å². The van der Waals surface area contributed by atoms with Gasteiger partial charge >= 0.3 is 0 Å². The molecule has 1 aliphatic rings. The normalized spacial score (nSPS) is 21.6. The first-order valence-electron chi connectivity index (χ1n) is 6.27. The monoisotopic (exact) mass is 267 g/mol. The third-order valence-corrected chi connectivity index (χ3v) is 4.36. The maximum absolute atomic E-state index is 5.88. The third-order valence-electron chi connectivity index (χ3n) is 3.34. The molecule has 1 heterocycles. The Morgan fingerprint density at radius 2 is 2.33 bits per heavy atom. The molecule has 1 aromatic rings. The van der Waals surface area contributed by atoms with Crippen LogP contribution in [0.25, 0.3) is 0 Å². The van der Waals surface area contributed by atoms with Gasteiger partial charge in [-0.3, -0.25) is 0 Å². The summed E-state index contributed by atoms with van der Waals surface area (Å²) in [7, 11) is 3.70. The maximum Gasteiger partial charge on any atom is 0.119 e. The molecule has 0 radical (unpaired) electrons. The van der Waals surface area contributed by atoms with Gasteiger partial charge in [0.2, 0.25) is 0 Å². The molecule has 1 saturated heterocycles. The number of hydrogen-bond donors (Lipinski definition) is 1. The number of thioether (sulfide) groups is 1. The molecule has 2 rings (SSSR count). The summed E-state index contributed by atoms with van der Waals surface area (Å²) in [4.78, 5) is 0. The van der Waals surface area contributed by atoms with Crippen molar-refractivity contribution in [3.8, 4) is 5.75 Å². The summed E-state index contributed by atoms with van der Waals surface area (Å²) in [6, 6.07) is 6.49. The highest BCUT2D eigenvalue weighted by atomic mass is 32.2. The lowest BCUT2D eigenvalue weighted by Crippen LogP contribution is -2.36. The Morgan fingerprint density at radius 3 is 2.89 bits per heavy atom. The average Bonchev–Trinajstić information content (AvgIpc) is 2.42. The van der Waals surface area contributed by atoms with Crippen molar-refractivity contribution in [2.75, 3.05) is 32.3 Å². The second-order valence-corrected chi connectivity index (χ2v) is 5.62. The van der Waals surface area contributed by atoms with Gasteiger partial charge in [0.05, 0.1) is 25.9 Å². The molecule has 1 aromatic carbocycles. The lowest BCUT2D eigenvalue weighted by Gasteiger charge is -2.31. The van der Waals surface area contributed by atoms with Gasteiger partial charge in [-0.15, -0.1) is 0 Å². The van der Waals surface area contributed by atoms with Crippen LogP contribution in [0.3, 0.4) is 0 Å². The highest BCUT2D eigenvalue weighted by Gasteiger charge is 2.26. The van der Waals surface area contributed by atoms with Gasteiger partial charge < -0.3 is 14.8 Å². The van der Waals surface area contributed by atoms with E-state index in [1.807, 2.05) is 24.9 Å². The maximum atomic E-state index is 5.88. The molecule has 1 aliphatic heterocycles. The quantitative estimate of drug-likeness (QED) is 0.907. The van der Waals surface area contributed by atoms with Gasteiger partial charge in [-0.2, -0.15) is 11.8 Å². The fourth-order valence-electron chi connectivity index (χ4n) is 2.36. The molecule has 0 spiro atoms. The van der Waals surface area contributed by atoms with Crippen molar-refractivity contribution < 1.29 is 9.47 Å². The molecule has 4 heteroatoms. The van der Waals surface area contributed by atoms with Crippen molar-refractivity contribution in [3.63, 3.8) is 0 Å². The number of nitrogens with one attached hydrogen (secondary N) is 1. The summed E-state index contributed by atoms with van der Waals surface area (Å²) in [5.41, 5.74) is 2.54. The molecule has 0 amide bonds. The van der Waals surface area contributed by atoms with Crippen molar-refractivity contribution in [1.29, 1.82) is 0 Å². The van der Waals surface area contributed by atoms with Gasteiger partial charge in [0.15, 0.2) is 0 Å². The van der Waals surface area contributed by atoms with Crippen molar-refractivity contribution >= 4 is 11.8 Å². The van der Waals surface area contributed by atoms with E-state index in [1.165, 1.54) is 11.1 Å². The van der Waals surface area contributed by atoms with E-state index in [2.05, 4.69) is 24.4 Å². The number of likely N-dealkylation sites (N-methyl/N-ethyl adjacent to an activating group) is 1. The topological polar surface area (TPSA) is 30.5 Å². The van der Waals surface area contributed by atoms with E-state index in [1.54, 1.807) is 7.11 Å². The van der Waals surface area contributed by atoms with Gasteiger partial charge in [0, 0.05) is 11.5 Å². The van der Waals surface area contributed by atoms with Crippen LogP contribution in [0.4, 0.5) is 0 Å². The fraction of sp³-hybridized carbons (Fsp3) is 0.571. The Bertz CT molecular complexity index is 391. The zero-order chi connectivity index (χ0) is 13.0. The lowest BCUT2D eigenvalue weighted by atomic mass is 9.97. The van der Waals surface area contributed by atoms with E-state index in [0.717, 1.165) is 23.9 Å². The predicted molar refractivity (Wildman–Crippen MR) is 76.6 cm³/mol. The molecule has 0 bridgehead atoms. The van der Waals surface area contributed by atoms with Crippen LogP contribution in [0.1, 0.15) is 17.2 Å². The Hall–Kier alpha value is -0.710. The minimum Gasteiger partial charge on any atom is -0.497 e. The molecule has 1 N–H and O–H groups in total. The third kappa shape index (κ3) is 2.99. The molecular formula is C14H21NO2S. The molecule has 2 atom stereocenters. The van der Waals surface area contributed by atoms with Crippen LogP contribution in [0.15, 0.2) is 18.2 Å². The Morgan fingerprint density at radius 1 is 1.50 bits per heavy atom. The van der Waals surface area contributed by atoms with Crippen LogP contribution < -0.4 is 10.1 Å². The number of methoxy groups -OCH3 is 1. The largest absolute Gasteiger partial charge is 0.497 e. The molecule has 2 unspecified atom stereocenters. The molecule has 0 aliphatic carbocycles. The summed E-state index contributed by atoms with van der Waals surface area (Å²) in [6.07, 6.45) is 0.251. The first-order valence-corrected chi connectivity index (χ1v) is 7.43. The zero-order valence-corrected chi connectivity index (χ0v) is 12.0.